The predicted molar refractivity (Wildman–Crippen MR) is 82.4 cm³/mol. The molecule has 1 unspecified atom stereocenters. The van der Waals surface area contributed by atoms with Crippen LogP contribution in [0, 0.1) is 6.92 Å². The normalized spacial score (nSPS) is 12.3. The molecule has 0 fully saturated rings. The van der Waals surface area contributed by atoms with Gasteiger partial charge in [-0.1, -0.05) is 12.1 Å². The highest BCUT2D eigenvalue weighted by molar-refractivity contribution is 5.27. The van der Waals surface area contributed by atoms with Gasteiger partial charge in [0.25, 0.3) is 0 Å². The Bertz CT molecular complexity index is 514. The Hall–Kier alpha value is -1.85. The number of aryl methyl sites for hydroxylation is 2. The molecule has 1 atom stereocenters. The number of aliphatic hydroxyl groups excluding tert-OH is 1. The molecule has 5 heteroatoms. The maximum absolute atomic E-state index is 9.86. The fourth-order valence-corrected chi connectivity index (χ4v) is 2.03. The van der Waals surface area contributed by atoms with Gasteiger partial charge in [-0.05, 0) is 37.6 Å². The van der Waals surface area contributed by atoms with Crippen LogP contribution in [-0.4, -0.2) is 40.5 Å². The number of nitrogens with zero attached hydrogens (tertiary/aromatic N) is 2. The van der Waals surface area contributed by atoms with Crippen LogP contribution in [0.2, 0.25) is 0 Å². The minimum Gasteiger partial charge on any atom is -0.491 e. The molecule has 0 aliphatic carbocycles. The first-order valence-corrected chi connectivity index (χ1v) is 7.28. The van der Waals surface area contributed by atoms with Crippen molar-refractivity contribution in [3.8, 4) is 5.75 Å². The molecule has 5 nitrogen and oxygen atoms in total. The topological polar surface area (TPSA) is 59.3 Å². The maximum Gasteiger partial charge on any atom is 0.119 e. The Morgan fingerprint density at radius 2 is 2.33 bits per heavy atom. The molecule has 0 saturated carbocycles. The van der Waals surface area contributed by atoms with E-state index in [-0.39, 0.29) is 0 Å². The number of ether oxygens (including phenoxy) is 1. The van der Waals surface area contributed by atoms with Crippen LogP contribution in [-0.2, 0) is 6.54 Å². The second-order valence-corrected chi connectivity index (χ2v) is 5.14. The zero-order valence-corrected chi connectivity index (χ0v) is 12.4. The lowest BCUT2D eigenvalue weighted by atomic mass is 10.2. The molecular formula is C16H23N3O2. The van der Waals surface area contributed by atoms with E-state index in [1.807, 2.05) is 48.3 Å². The Balaban J connectivity index is 1.54. The second-order valence-electron chi connectivity index (χ2n) is 5.14. The van der Waals surface area contributed by atoms with E-state index in [1.54, 1.807) is 6.20 Å². The minimum atomic E-state index is -0.501. The summed E-state index contributed by atoms with van der Waals surface area (Å²) in [5.41, 5.74) is 1.15. The quantitative estimate of drug-likeness (QED) is 0.689. The molecule has 1 aromatic carbocycles. The number of aromatic nitrogens is 2. The molecule has 0 bridgehead atoms. The first-order valence-electron chi connectivity index (χ1n) is 7.28. The van der Waals surface area contributed by atoms with E-state index in [0.29, 0.717) is 13.2 Å². The van der Waals surface area contributed by atoms with E-state index in [4.69, 9.17) is 4.74 Å². The monoisotopic (exact) mass is 289 g/mol. The molecule has 2 rings (SSSR count). The predicted octanol–water partition coefficient (Wildman–Crippen LogP) is 1.61. The van der Waals surface area contributed by atoms with Crippen LogP contribution in [0.4, 0.5) is 0 Å². The van der Waals surface area contributed by atoms with Crippen molar-refractivity contribution in [2.45, 2.75) is 26.0 Å². The molecule has 21 heavy (non-hydrogen) atoms. The van der Waals surface area contributed by atoms with Crippen molar-refractivity contribution in [2.75, 3.05) is 19.7 Å². The molecule has 0 aliphatic heterocycles. The molecule has 0 radical (unpaired) electrons. The molecule has 0 saturated heterocycles. The fraction of sp³-hybridized carbons (Fsp3) is 0.438. The second kappa shape index (κ2) is 8.44. The third-order valence-electron chi connectivity index (χ3n) is 3.14. The van der Waals surface area contributed by atoms with Gasteiger partial charge in [0, 0.05) is 25.5 Å². The number of imidazole rings is 1. The van der Waals surface area contributed by atoms with Crippen molar-refractivity contribution in [3.05, 3.63) is 48.5 Å². The van der Waals surface area contributed by atoms with E-state index in [0.717, 1.165) is 30.8 Å². The van der Waals surface area contributed by atoms with Crippen LogP contribution in [0.3, 0.4) is 0 Å². The molecule has 0 spiro atoms. The number of benzene rings is 1. The van der Waals surface area contributed by atoms with Gasteiger partial charge in [0.2, 0.25) is 0 Å². The van der Waals surface area contributed by atoms with E-state index in [2.05, 4.69) is 10.3 Å². The molecular weight excluding hydrogens is 266 g/mol. The SMILES string of the molecule is Cc1cccc(OCC(O)CNCCCn2ccnc2)c1. The zero-order valence-electron chi connectivity index (χ0n) is 12.4. The number of nitrogens with one attached hydrogen (secondary N) is 1. The number of hydrogen-bond acceptors (Lipinski definition) is 4. The summed E-state index contributed by atoms with van der Waals surface area (Å²) in [6, 6.07) is 7.83. The molecule has 1 aromatic heterocycles. The van der Waals surface area contributed by atoms with Gasteiger partial charge in [-0.15, -0.1) is 0 Å². The van der Waals surface area contributed by atoms with Crippen molar-refractivity contribution in [3.63, 3.8) is 0 Å². The van der Waals surface area contributed by atoms with Crippen LogP contribution in [0.25, 0.3) is 0 Å². The highest BCUT2D eigenvalue weighted by Crippen LogP contribution is 2.12. The van der Waals surface area contributed by atoms with Crippen molar-refractivity contribution in [1.29, 1.82) is 0 Å². The van der Waals surface area contributed by atoms with Crippen LogP contribution in [0.5, 0.6) is 5.75 Å². The van der Waals surface area contributed by atoms with Gasteiger partial charge < -0.3 is 19.7 Å². The van der Waals surface area contributed by atoms with E-state index >= 15 is 0 Å². The first-order chi connectivity index (χ1) is 10.2. The number of hydrogen-bond donors (Lipinski definition) is 2. The Morgan fingerprint density at radius 3 is 3.10 bits per heavy atom. The third kappa shape index (κ3) is 5.97. The summed E-state index contributed by atoms with van der Waals surface area (Å²) in [6.45, 7) is 4.65. The summed E-state index contributed by atoms with van der Waals surface area (Å²) in [7, 11) is 0. The van der Waals surface area contributed by atoms with Gasteiger partial charge in [0.1, 0.15) is 18.5 Å². The summed E-state index contributed by atoms with van der Waals surface area (Å²) in [5, 5.41) is 13.1. The summed E-state index contributed by atoms with van der Waals surface area (Å²) >= 11 is 0. The van der Waals surface area contributed by atoms with E-state index < -0.39 is 6.10 Å². The Morgan fingerprint density at radius 1 is 1.43 bits per heavy atom. The smallest absolute Gasteiger partial charge is 0.119 e. The molecule has 2 N–H and O–H groups in total. The standard InChI is InChI=1S/C16H23N3O2/c1-14-4-2-5-16(10-14)21-12-15(20)11-17-6-3-8-19-9-7-18-13-19/h2,4-5,7,9-10,13,15,17,20H,3,6,8,11-12H2,1H3. The molecule has 1 heterocycles. The van der Waals surface area contributed by atoms with Crippen LogP contribution in [0.15, 0.2) is 43.0 Å². The summed E-state index contributed by atoms with van der Waals surface area (Å²) in [6.07, 6.45) is 6.04. The minimum absolute atomic E-state index is 0.304. The molecule has 2 aromatic rings. The van der Waals surface area contributed by atoms with Gasteiger partial charge >= 0.3 is 0 Å². The Kier molecular flexibility index (Phi) is 6.24. The number of rotatable bonds is 9. The van der Waals surface area contributed by atoms with Crippen molar-refractivity contribution in [1.82, 2.24) is 14.9 Å². The molecule has 0 amide bonds. The zero-order chi connectivity index (χ0) is 14.9. The highest BCUT2D eigenvalue weighted by Gasteiger charge is 2.04. The van der Waals surface area contributed by atoms with Crippen molar-refractivity contribution < 1.29 is 9.84 Å². The van der Waals surface area contributed by atoms with Crippen LogP contribution >= 0.6 is 0 Å². The summed E-state index contributed by atoms with van der Waals surface area (Å²) < 4.78 is 7.60. The van der Waals surface area contributed by atoms with Gasteiger partial charge in [-0.25, -0.2) is 4.98 Å². The average Bonchev–Trinajstić information content (AvgIpc) is 2.98. The molecule has 114 valence electrons. The average molecular weight is 289 g/mol. The van der Waals surface area contributed by atoms with Crippen LogP contribution in [0.1, 0.15) is 12.0 Å². The van der Waals surface area contributed by atoms with Gasteiger partial charge in [-0.2, -0.15) is 0 Å². The van der Waals surface area contributed by atoms with Crippen molar-refractivity contribution >= 4 is 0 Å². The lowest BCUT2D eigenvalue weighted by Gasteiger charge is -2.13. The summed E-state index contributed by atoms with van der Waals surface area (Å²) in [4.78, 5) is 3.99. The highest BCUT2D eigenvalue weighted by atomic mass is 16.5. The van der Waals surface area contributed by atoms with E-state index in [1.165, 1.54) is 0 Å². The first kappa shape index (κ1) is 15.5. The van der Waals surface area contributed by atoms with Gasteiger partial charge in [0.15, 0.2) is 0 Å². The maximum atomic E-state index is 9.86. The lowest BCUT2D eigenvalue weighted by molar-refractivity contribution is 0.106. The molecule has 0 aliphatic rings. The van der Waals surface area contributed by atoms with Gasteiger partial charge in [-0.3, -0.25) is 0 Å². The third-order valence-corrected chi connectivity index (χ3v) is 3.14. The Labute approximate surface area is 125 Å². The van der Waals surface area contributed by atoms with Crippen molar-refractivity contribution in [2.24, 2.45) is 0 Å². The largest absolute Gasteiger partial charge is 0.491 e. The van der Waals surface area contributed by atoms with Gasteiger partial charge in [0.05, 0.1) is 6.33 Å². The fourth-order valence-electron chi connectivity index (χ4n) is 2.03. The lowest BCUT2D eigenvalue weighted by Crippen LogP contribution is -2.32. The summed E-state index contributed by atoms with van der Waals surface area (Å²) in [5.74, 6) is 0.800. The van der Waals surface area contributed by atoms with Crippen LogP contribution < -0.4 is 10.1 Å². The number of aliphatic hydroxyl groups is 1. The van der Waals surface area contributed by atoms with E-state index in [9.17, 15) is 5.11 Å².